The third kappa shape index (κ3) is 16.9. The minimum absolute atomic E-state index is 0.0570. The van der Waals surface area contributed by atoms with Gasteiger partial charge in [0.2, 0.25) is 35.4 Å². The highest BCUT2D eigenvalue weighted by Gasteiger charge is 2.36. The number of aliphatic carboxylic acids is 2. The maximum absolute atomic E-state index is 13.0. The molecule has 5 atom stereocenters. The largest absolute Gasteiger partial charge is 0.481 e. The average molecular weight is 729 g/mol. The molecule has 0 aromatic carbocycles. The van der Waals surface area contributed by atoms with Gasteiger partial charge in [-0.2, -0.15) is 0 Å². The number of hydrogen-bond acceptors (Lipinski definition) is 11. The van der Waals surface area contributed by atoms with Gasteiger partial charge in [-0.15, -0.1) is 0 Å². The van der Waals surface area contributed by atoms with Crippen LogP contribution in [0, 0.1) is 11.3 Å². The monoisotopic (exact) mass is 728 g/mol. The van der Waals surface area contributed by atoms with Gasteiger partial charge in [-0.3, -0.25) is 39.0 Å². The van der Waals surface area contributed by atoms with E-state index < -0.39 is 104 Å². The zero-order chi connectivity index (χ0) is 38.7. The molecular weight excluding hydrogens is 676 g/mol. The predicted octanol–water partition coefficient (Wildman–Crippen LogP) is -4.37. The van der Waals surface area contributed by atoms with Crippen molar-refractivity contribution in [1.82, 2.24) is 36.8 Å². The van der Waals surface area contributed by atoms with Gasteiger partial charge >= 0.3 is 11.9 Å². The van der Waals surface area contributed by atoms with Crippen molar-refractivity contribution in [3.05, 3.63) is 0 Å². The van der Waals surface area contributed by atoms with E-state index in [9.17, 15) is 48.6 Å². The molecule has 288 valence electrons. The van der Waals surface area contributed by atoms with Crippen LogP contribution in [-0.2, 0) is 38.4 Å². The molecule has 1 aliphatic rings. The highest BCUT2D eigenvalue weighted by molar-refractivity contribution is 5.95. The zero-order valence-electron chi connectivity index (χ0n) is 28.9. The maximum Gasteiger partial charge on any atom is 0.326 e. The van der Waals surface area contributed by atoms with E-state index in [-0.39, 0.29) is 37.7 Å². The Morgan fingerprint density at radius 1 is 0.843 bits per heavy atom. The molecule has 0 saturated carbocycles. The van der Waals surface area contributed by atoms with Gasteiger partial charge in [0.15, 0.2) is 5.96 Å². The Morgan fingerprint density at radius 2 is 1.51 bits per heavy atom. The lowest BCUT2D eigenvalue weighted by molar-refractivity contribution is -0.144. The summed E-state index contributed by atoms with van der Waals surface area (Å²) < 4.78 is 0. The van der Waals surface area contributed by atoms with Gasteiger partial charge in [0, 0.05) is 19.5 Å². The maximum atomic E-state index is 13.0. The first-order valence-electron chi connectivity index (χ1n) is 16.6. The van der Waals surface area contributed by atoms with E-state index in [1.807, 2.05) is 13.8 Å². The standard InChI is InChI=1S/C30H52N10O11/c1-16(2)12-19(38-25(46)17(31)6-3-4-10-34-30(32)33)27(48)39-20(15-41)26(47)36-13-22(42)35-14-23(43)40-11-5-7-21(40)28(49)37-18(29(50)51)8-9-24(44)45/h16-21,41H,3-15,31H2,1-2H3,(H,35,42)(H,36,47)(H,37,49)(H,38,46)(H,39,48)(H,44,45)(H,50,51)(H4,32,33,34)/t17-,18-,19-,20-,21-/m0/s1. The molecule has 21 nitrogen and oxygen atoms in total. The smallest absolute Gasteiger partial charge is 0.326 e. The number of nitrogens with zero attached hydrogens (tertiary/aromatic N) is 1. The summed E-state index contributed by atoms with van der Waals surface area (Å²) in [5, 5.41) is 49.4. The molecule has 1 saturated heterocycles. The Kier molecular flexibility index (Phi) is 19.5. The molecular formula is C30H52N10O11. The number of carbonyl (C=O) groups is 8. The Labute approximate surface area is 294 Å². The Morgan fingerprint density at radius 3 is 2.10 bits per heavy atom. The van der Waals surface area contributed by atoms with Crippen molar-refractivity contribution in [3.8, 4) is 0 Å². The molecule has 14 N–H and O–H groups in total. The van der Waals surface area contributed by atoms with E-state index in [4.69, 9.17) is 22.0 Å². The molecule has 0 spiro atoms. The number of carboxylic acids is 2. The fraction of sp³-hybridized carbons (Fsp3) is 0.700. The SMILES string of the molecule is CC(C)C[C@H](NC(=O)[C@@H](N)CCCCNC(=N)N)C(=O)N[C@@H](CO)C(=O)NCC(=O)NCC(=O)N1CCC[C@H]1C(=O)N[C@@H](CCC(=O)O)C(=O)O. The second kappa shape index (κ2) is 22.6. The van der Waals surface area contributed by atoms with Crippen LogP contribution in [0.2, 0.25) is 0 Å². The fourth-order valence-electron chi connectivity index (χ4n) is 5.05. The van der Waals surface area contributed by atoms with E-state index in [0.29, 0.717) is 32.2 Å². The van der Waals surface area contributed by atoms with Crippen molar-refractivity contribution in [3.63, 3.8) is 0 Å². The Balaban J connectivity index is 2.64. The molecule has 0 radical (unpaired) electrons. The molecule has 51 heavy (non-hydrogen) atoms. The lowest BCUT2D eigenvalue weighted by Gasteiger charge is -2.25. The molecule has 1 rings (SSSR count). The van der Waals surface area contributed by atoms with Crippen LogP contribution in [0.3, 0.4) is 0 Å². The van der Waals surface area contributed by atoms with Crippen molar-refractivity contribution in [2.45, 2.75) is 95.4 Å². The van der Waals surface area contributed by atoms with E-state index in [2.05, 4.69) is 31.9 Å². The number of unbranched alkanes of at least 4 members (excludes halogenated alkanes) is 1. The van der Waals surface area contributed by atoms with Gasteiger partial charge in [0.05, 0.1) is 25.7 Å². The summed E-state index contributed by atoms with van der Waals surface area (Å²) in [5.74, 6) is -7.42. The molecule has 0 aliphatic carbocycles. The molecule has 1 heterocycles. The summed E-state index contributed by atoms with van der Waals surface area (Å²) in [6.07, 6.45) is 1.43. The van der Waals surface area contributed by atoms with Crippen LogP contribution in [0.15, 0.2) is 0 Å². The number of rotatable bonds is 23. The number of amides is 6. The van der Waals surface area contributed by atoms with Gasteiger partial charge in [0.1, 0.15) is 24.2 Å². The number of likely N-dealkylation sites (tertiary alicyclic amines) is 1. The third-order valence-electron chi connectivity index (χ3n) is 7.75. The van der Waals surface area contributed by atoms with Crippen LogP contribution in [0.1, 0.15) is 65.2 Å². The van der Waals surface area contributed by atoms with Gasteiger partial charge in [-0.1, -0.05) is 13.8 Å². The quantitative estimate of drug-likeness (QED) is 0.0269. The first-order valence-corrected chi connectivity index (χ1v) is 16.6. The molecule has 1 aliphatic heterocycles. The van der Waals surface area contributed by atoms with E-state index in [0.717, 1.165) is 4.90 Å². The highest BCUT2D eigenvalue weighted by atomic mass is 16.4. The number of aliphatic hydroxyl groups is 1. The molecule has 6 amide bonds. The molecule has 21 heteroatoms. The summed E-state index contributed by atoms with van der Waals surface area (Å²) >= 11 is 0. The second-order valence-corrected chi connectivity index (χ2v) is 12.4. The van der Waals surface area contributed by atoms with Crippen molar-refractivity contribution in [2.75, 3.05) is 32.8 Å². The number of carboxylic acid groups (broad SMARTS) is 2. The topological polar surface area (TPSA) is 349 Å². The van der Waals surface area contributed by atoms with E-state index >= 15 is 0 Å². The van der Waals surface area contributed by atoms with Crippen LogP contribution in [0.5, 0.6) is 0 Å². The predicted molar refractivity (Wildman–Crippen MR) is 179 cm³/mol. The van der Waals surface area contributed by atoms with Crippen LogP contribution in [-0.4, -0.2) is 137 Å². The van der Waals surface area contributed by atoms with Crippen LogP contribution in [0.4, 0.5) is 0 Å². The normalized spacial score (nSPS) is 16.2. The molecule has 1 fully saturated rings. The molecule has 0 unspecified atom stereocenters. The van der Waals surface area contributed by atoms with Crippen molar-refractivity contribution in [1.29, 1.82) is 5.41 Å². The Hall–Kier alpha value is -5.05. The summed E-state index contributed by atoms with van der Waals surface area (Å²) in [7, 11) is 0. The number of nitrogens with one attached hydrogen (secondary N) is 7. The summed E-state index contributed by atoms with van der Waals surface area (Å²) in [4.78, 5) is 99.7. The van der Waals surface area contributed by atoms with Crippen molar-refractivity contribution < 1.29 is 53.7 Å². The van der Waals surface area contributed by atoms with Crippen LogP contribution in [0.25, 0.3) is 0 Å². The first kappa shape index (κ1) is 44.0. The van der Waals surface area contributed by atoms with E-state index in [1.54, 1.807) is 0 Å². The van der Waals surface area contributed by atoms with Gasteiger partial charge in [-0.25, -0.2) is 4.79 Å². The van der Waals surface area contributed by atoms with Gasteiger partial charge in [-0.05, 0) is 50.9 Å². The fourth-order valence-corrected chi connectivity index (χ4v) is 5.05. The number of carbonyl (C=O) groups excluding carboxylic acids is 6. The van der Waals surface area contributed by atoms with Crippen LogP contribution < -0.4 is 43.4 Å². The molecule has 0 aromatic heterocycles. The molecule has 0 bridgehead atoms. The van der Waals surface area contributed by atoms with E-state index in [1.165, 1.54) is 0 Å². The summed E-state index contributed by atoms with van der Waals surface area (Å²) in [6, 6.07) is -6.01. The van der Waals surface area contributed by atoms with Gasteiger partial charge < -0.3 is 63.6 Å². The average Bonchev–Trinajstić information content (AvgIpc) is 3.56. The molecule has 0 aromatic rings. The minimum atomic E-state index is -1.49. The number of aliphatic hydroxyl groups excluding tert-OH is 1. The number of nitrogens with two attached hydrogens (primary N) is 2. The third-order valence-corrected chi connectivity index (χ3v) is 7.75. The lowest BCUT2D eigenvalue weighted by Crippen LogP contribution is -2.57. The summed E-state index contributed by atoms with van der Waals surface area (Å²) in [5.41, 5.74) is 11.2. The Bertz CT molecular complexity index is 1270. The lowest BCUT2D eigenvalue weighted by atomic mass is 10.0. The number of guanidine groups is 1. The van der Waals surface area contributed by atoms with Gasteiger partial charge in [0.25, 0.3) is 0 Å². The van der Waals surface area contributed by atoms with Crippen molar-refractivity contribution >= 4 is 53.3 Å². The second-order valence-electron chi connectivity index (χ2n) is 12.4. The highest BCUT2D eigenvalue weighted by Crippen LogP contribution is 2.18. The summed E-state index contributed by atoms with van der Waals surface area (Å²) in [6.45, 7) is 2.16. The first-order chi connectivity index (χ1) is 24.0. The minimum Gasteiger partial charge on any atom is -0.481 e. The zero-order valence-corrected chi connectivity index (χ0v) is 28.9. The van der Waals surface area contributed by atoms with Crippen LogP contribution >= 0.6 is 0 Å². The number of hydrogen-bond donors (Lipinski definition) is 12. The van der Waals surface area contributed by atoms with Crippen molar-refractivity contribution in [2.24, 2.45) is 17.4 Å².